The Morgan fingerprint density at radius 3 is 2.15 bits per heavy atom. The van der Waals surface area contributed by atoms with Crippen LogP contribution in [0.3, 0.4) is 0 Å². The fourth-order valence-corrected chi connectivity index (χ4v) is 3.74. The highest BCUT2D eigenvalue weighted by molar-refractivity contribution is 6.42. The highest BCUT2D eigenvalue weighted by atomic mass is 35.5. The molecule has 0 radical (unpaired) electrons. The zero-order chi connectivity index (χ0) is 24.5. The SMILES string of the molecule is COc1cc(NC(=O)NC(C)C(C)CCC(O)Cc2ccc(Cl)c(Cl)c2)cc(OC)c1OC. The number of hydrogen-bond donors (Lipinski definition) is 3. The number of benzene rings is 2. The summed E-state index contributed by atoms with van der Waals surface area (Å²) in [6.07, 6.45) is 1.33. The van der Waals surface area contributed by atoms with Gasteiger partial charge in [0.05, 0.1) is 43.2 Å². The standard InChI is InChI=1S/C24H32Cl2N2O5/c1-14(6-8-18(29)10-16-7-9-19(25)20(26)11-16)15(2)27-24(30)28-17-12-21(31-3)23(33-5)22(13-17)32-4/h7,9,11-15,18,29H,6,8,10H2,1-5H3,(H2,27,28,30). The second-order valence-corrected chi connectivity index (χ2v) is 8.78. The molecular weight excluding hydrogens is 467 g/mol. The third kappa shape index (κ3) is 7.88. The number of nitrogens with one attached hydrogen (secondary N) is 2. The molecule has 9 heteroatoms. The largest absolute Gasteiger partial charge is 0.493 e. The molecule has 33 heavy (non-hydrogen) atoms. The topological polar surface area (TPSA) is 89.1 Å². The summed E-state index contributed by atoms with van der Waals surface area (Å²) in [6.45, 7) is 3.97. The van der Waals surface area contributed by atoms with Gasteiger partial charge in [0.25, 0.3) is 0 Å². The molecule has 2 amide bonds. The van der Waals surface area contributed by atoms with Gasteiger partial charge in [-0.25, -0.2) is 4.79 Å². The van der Waals surface area contributed by atoms with Crippen molar-refractivity contribution in [3.63, 3.8) is 0 Å². The molecule has 2 aromatic carbocycles. The van der Waals surface area contributed by atoms with Crippen molar-refractivity contribution in [2.24, 2.45) is 5.92 Å². The van der Waals surface area contributed by atoms with Crippen molar-refractivity contribution in [1.82, 2.24) is 5.32 Å². The third-order valence-corrected chi connectivity index (χ3v) is 6.28. The summed E-state index contributed by atoms with van der Waals surface area (Å²) in [5.74, 6) is 1.50. The molecule has 0 aliphatic carbocycles. The van der Waals surface area contributed by atoms with Gasteiger partial charge in [0.15, 0.2) is 11.5 Å². The monoisotopic (exact) mass is 498 g/mol. The number of anilines is 1. The second kappa shape index (κ2) is 12.8. The Balaban J connectivity index is 1.86. The second-order valence-electron chi connectivity index (χ2n) is 7.96. The van der Waals surface area contributed by atoms with E-state index in [1.807, 2.05) is 19.9 Å². The van der Waals surface area contributed by atoms with Gasteiger partial charge < -0.3 is 30.0 Å². The van der Waals surface area contributed by atoms with E-state index in [1.54, 1.807) is 24.3 Å². The number of aliphatic hydroxyl groups is 1. The summed E-state index contributed by atoms with van der Waals surface area (Å²) in [5.41, 5.74) is 1.44. The van der Waals surface area contributed by atoms with Crippen molar-refractivity contribution < 1.29 is 24.1 Å². The van der Waals surface area contributed by atoms with Crippen LogP contribution in [-0.4, -0.2) is 44.6 Å². The number of aliphatic hydroxyl groups excluding tert-OH is 1. The zero-order valence-corrected chi connectivity index (χ0v) is 21.1. The van der Waals surface area contributed by atoms with Gasteiger partial charge in [-0.3, -0.25) is 0 Å². The van der Waals surface area contributed by atoms with E-state index < -0.39 is 6.10 Å². The fraction of sp³-hybridized carbons (Fsp3) is 0.458. The van der Waals surface area contributed by atoms with Crippen LogP contribution in [0.2, 0.25) is 10.0 Å². The molecule has 0 aliphatic heterocycles. The minimum atomic E-state index is -0.509. The van der Waals surface area contributed by atoms with Gasteiger partial charge in [-0.05, 0) is 49.8 Å². The number of rotatable bonds is 11. The molecule has 0 fully saturated rings. The van der Waals surface area contributed by atoms with Gasteiger partial charge in [-0.2, -0.15) is 0 Å². The number of methoxy groups -OCH3 is 3. The van der Waals surface area contributed by atoms with Gasteiger partial charge in [-0.15, -0.1) is 0 Å². The van der Waals surface area contributed by atoms with Crippen molar-refractivity contribution in [1.29, 1.82) is 0 Å². The minimum absolute atomic E-state index is 0.107. The van der Waals surface area contributed by atoms with Crippen LogP contribution in [-0.2, 0) is 6.42 Å². The first-order valence-electron chi connectivity index (χ1n) is 10.7. The van der Waals surface area contributed by atoms with Crippen molar-refractivity contribution in [3.05, 3.63) is 45.9 Å². The Bertz CT molecular complexity index is 916. The van der Waals surface area contributed by atoms with E-state index in [1.165, 1.54) is 21.3 Å². The van der Waals surface area contributed by atoms with Crippen LogP contribution in [0.1, 0.15) is 32.3 Å². The molecule has 0 spiro atoms. The van der Waals surface area contributed by atoms with Gasteiger partial charge in [0.1, 0.15) is 0 Å². The Kier molecular flexibility index (Phi) is 10.4. The fourth-order valence-electron chi connectivity index (χ4n) is 3.42. The van der Waals surface area contributed by atoms with Gasteiger partial charge in [0, 0.05) is 18.2 Å². The first-order valence-corrected chi connectivity index (χ1v) is 11.4. The van der Waals surface area contributed by atoms with Crippen molar-refractivity contribution in [2.45, 2.75) is 45.3 Å². The number of urea groups is 1. The molecule has 3 atom stereocenters. The summed E-state index contributed by atoms with van der Waals surface area (Å²) in [4.78, 5) is 12.5. The van der Waals surface area contributed by atoms with Crippen molar-refractivity contribution >= 4 is 34.9 Å². The summed E-state index contributed by atoms with van der Waals surface area (Å²) in [6, 6.07) is 8.23. The van der Waals surface area contributed by atoms with Crippen molar-refractivity contribution in [2.75, 3.05) is 26.6 Å². The summed E-state index contributed by atoms with van der Waals surface area (Å²) >= 11 is 12.0. The number of halogens is 2. The van der Waals surface area contributed by atoms with E-state index in [2.05, 4.69) is 10.6 Å². The highest BCUT2D eigenvalue weighted by Gasteiger charge is 2.19. The van der Waals surface area contributed by atoms with Gasteiger partial charge >= 0.3 is 6.03 Å². The average molecular weight is 499 g/mol. The van der Waals surface area contributed by atoms with Crippen LogP contribution in [0.15, 0.2) is 30.3 Å². The molecule has 0 saturated carbocycles. The maximum Gasteiger partial charge on any atom is 0.319 e. The predicted molar refractivity (Wildman–Crippen MR) is 132 cm³/mol. The number of carbonyl (C=O) groups is 1. The smallest absolute Gasteiger partial charge is 0.319 e. The molecule has 0 saturated heterocycles. The van der Waals surface area contributed by atoms with Gasteiger partial charge in [-0.1, -0.05) is 36.2 Å². The minimum Gasteiger partial charge on any atom is -0.493 e. The molecule has 0 heterocycles. The molecule has 2 rings (SSSR count). The quantitative estimate of drug-likeness (QED) is 0.377. The summed E-state index contributed by atoms with van der Waals surface area (Å²) in [5, 5.41) is 17.1. The lowest BCUT2D eigenvalue weighted by molar-refractivity contribution is 0.152. The normalized spacial score (nSPS) is 13.6. The molecular formula is C24H32Cl2N2O5. The molecule has 7 nitrogen and oxygen atoms in total. The number of ether oxygens (including phenoxy) is 3. The van der Waals surface area contributed by atoms with Crippen LogP contribution >= 0.6 is 23.2 Å². The lowest BCUT2D eigenvalue weighted by Crippen LogP contribution is -2.40. The van der Waals surface area contributed by atoms with Gasteiger partial charge in [0.2, 0.25) is 5.75 Å². The molecule has 3 unspecified atom stereocenters. The molecule has 3 N–H and O–H groups in total. The van der Waals surface area contributed by atoms with E-state index in [9.17, 15) is 9.90 Å². The van der Waals surface area contributed by atoms with E-state index in [4.69, 9.17) is 37.4 Å². The molecule has 2 aromatic rings. The number of hydrogen-bond acceptors (Lipinski definition) is 5. The zero-order valence-electron chi connectivity index (χ0n) is 19.6. The van der Waals surface area contributed by atoms with Crippen LogP contribution in [0.4, 0.5) is 10.5 Å². The Morgan fingerprint density at radius 2 is 1.61 bits per heavy atom. The molecule has 0 aromatic heterocycles. The maximum absolute atomic E-state index is 12.5. The van der Waals surface area contributed by atoms with Crippen LogP contribution in [0.5, 0.6) is 17.2 Å². The number of amides is 2. The third-order valence-electron chi connectivity index (χ3n) is 5.55. The maximum atomic E-state index is 12.5. The van der Waals surface area contributed by atoms with Crippen molar-refractivity contribution in [3.8, 4) is 17.2 Å². The van der Waals surface area contributed by atoms with Crippen LogP contribution in [0, 0.1) is 5.92 Å². The Hall–Kier alpha value is -2.35. The first kappa shape index (κ1) is 26.9. The predicted octanol–water partition coefficient (Wildman–Crippen LogP) is 5.55. The first-order chi connectivity index (χ1) is 15.7. The Labute approximate surface area is 205 Å². The van der Waals surface area contributed by atoms with Crippen LogP contribution in [0.25, 0.3) is 0 Å². The lowest BCUT2D eigenvalue weighted by atomic mass is 9.94. The van der Waals surface area contributed by atoms with Crippen LogP contribution < -0.4 is 24.8 Å². The molecule has 0 bridgehead atoms. The van der Waals surface area contributed by atoms with E-state index in [-0.39, 0.29) is 18.0 Å². The Morgan fingerprint density at radius 1 is 0.970 bits per heavy atom. The lowest BCUT2D eigenvalue weighted by Gasteiger charge is -2.23. The van der Waals surface area contributed by atoms with E-state index in [0.29, 0.717) is 45.8 Å². The van der Waals surface area contributed by atoms with E-state index >= 15 is 0 Å². The molecule has 182 valence electrons. The summed E-state index contributed by atoms with van der Waals surface area (Å²) < 4.78 is 15.9. The average Bonchev–Trinajstić information content (AvgIpc) is 2.78. The number of carbonyl (C=O) groups excluding carboxylic acids is 1. The van der Waals surface area contributed by atoms with E-state index in [0.717, 1.165) is 12.0 Å². The summed E-state index contributed by atoms with van der Waals surface area (Å²) in [7, 11) is 4.55. The molecule has 0 aliphatic rings. The highest BCUT2D eigenvalue weighted by Crippen LogP contribution is 2.39.